The molecule has 162 valence electrons. The largest absolute Gasteiger partial charge is 0.487 e. The Labute approximate surface area is 182 Å². The van der Waals surface area contributed by atoms with E-state index in [0.29, 0.717) is 11.3 Å². The summed E-state index contributed by atoms with van der Waals surface area (Å²) in [6.45, 7) is 14.5. The summed E-state index contributed by atoms with van der Waals surface area (Å²) in [7, 11) is -3.50. The number of allylic oxidation sites excluding steroid dienone is 1. The molecular formula is C26H34O3S. The molecule has 4 heteroatoms. The van der Waals surface area contributed by atoms with Crippen LogP contribution in [-0.2, 0) is 16.3 Å². The van der Waals surface area contributed by atoms with Crippen LogP contribution < -0.4 is 4.74 Å². The van der Waals surface area contributed by atoms with Crippen molar-refractivity contribution in [2.75, 3.05) is 0 Å². The highest BCUT2D eigenvalue weighted by Crippen LogP contribution is 2.43. The monoisotopic (exact) mass is 426 g/mol. The van der Waals surface area contributed by atoms with E-state index in [4.69, 9.17) is 4.74 Å². The van der Waals surface area contributed by atoms with E-state index in [1.807, 2.05) is 26.0 Å². The summed E-state index contributed by atoms with van der Waals surface area (Å²) in [6.07, 6.45) is 4.03. The van der Waals surface area contributed by atoms with Crippen molar-refractivity contribution in [1.29, 1.82) is 0 Å². The van der Waals surface area contributed by atoms with Gasteiger partial charge < -0.3 is 4.74 Å². The summed E-state index contributed by atoms with van der Waals surface area (Å²) >= 11 is 0. The molecule has 0 fully saturated rings. The number of rotatable bonds is 5. The van der Waals surface area contributed by atoms with Gasteiger partial charge >= 0.3 is 0 Å². The zero-order valence-corrected chi connectivity index (χ0v) is 20.1. The number of sulfone groups is 1. The molecule has 1 aliphatic heterocycles. The minimum Gasteiger partial charge on any atom is -0.487 e. The third kappa shape index (κ3) is 4.20. The quantitative estimate of drug-likeness (QED) is 0.534. The summed E-state index contributed by atoms with van der Waals surface area (Å²) in [5.74, 6) is 0.956. The van der Waals surface area contributed by atoms with Gasteiger partial charge in [-0.15, -0.1) is 0 Å². The highest BCUT2D eigenvalue weighted by molar-refractivity contribution is 7.92. The zero-order valence-electron chi connectivity index (χ0n) is 19.3. The van der Waals surface area contributed by atoms with Crippen molar-refractivity contribution in [3.05, 3.63) is 69.8 Å². The van der Waals surface area contributed by atoms with Gasteiger partial charge in [-0.25, -0.2) is 8.42 Å². The Balaban J connectivity index is 2.00. The van der Waals surface area contributed by atoms with Crippen LogP contribution in [0.5, 0.6) is 5.75 Å². The predicted octanol–water partition coefficient (Wildman–Crippen LogP) is 6.20. The second kappa shape index (κ2) is 8.22. The van der Waals surface area contributed by atoms with E-state index < -0.39 is 20.7 Å². The molecule has 1 unspecified atom stereocenters. The van der Waals surface area contributed by atoms with E-state index >= 15 is 0 Å². The summed E-state index contributed by atoms with van der Waals surface area (Å²) in [5, 5.41) is -0.621. The van der Waals surface area contributed by atoms with Gasteiger partial charge in [0.2, 0.25) is 0 Å². The molecule has 2 aromatic rings. The first-order valence-electron chi connectivity index (χ1n) is 10.7. The molecule has 2 aromatic carbocycles. The molecule has 0 N–H and O–H groups in total. The number of ether oxygens (including phenoxy) is 1. The summed E-state index contributed by atoms with van der Waals surface area (Å²) < 4.78 is 33.5. The van der Waals surface area contributed by atoms with E-state index in [2.05, 4.69) is 34.6 Å². The van der Waals surface area contributed by atoms with Gasteiger partial charge in [0.1, 0.15) is 11.4 Å². The number of hydrogen-bond acceptors (Lipinski definition) is 3. The van der Waals surface area contributed by atoms with Crippen molar-refractivity contribution in [1.82, 2.24) is 0 Å². The lowest BCUT2D eigenvalue weighted by Crippen LogP contribution is -2.42. The maximum atomic E-state index is 13.4. The minimum absolute atomic E-state index is 0.366. The maximum Gasteiger partial charge on any atom is 0.184 e. The third-order valence-electron chi connectivity index (χ3n) is 6.63. The van der Waals surface area contributed by atoms with Crippen molar-refractivity contribution in [2.24, 2.45) is 0 Å². The molecule has 3 nitrogen and oxygen atoms in total. The van der Waals surface area contributed by atoms with Gasteiger partial charge in [0.25, 0.3) is 0 Å². The Morgan fingerprint density at radius 3 is 2.23 bits per heavy atom. The van der Waals surface area contributed by atoms with E-state index in [0.717, 1.165) is 24.2 Å². The Morgan fingerprint density at radius 2 is 1.63 bits per heavy atom. The lowest BCUT2D eigenvalue weighted by Gasteiger charge is -2.39. The molecule has 1 heterocycles. The highest BCUT2D eigenvalue weighted by atomic mass is 32.2. The number of hydrogen-bond donors (Lipinski definition) is 0. The average molecular weight is 427 g/mol. The topological polar surface area (TPSA) is 43.4 Å². The van der Waals surface area contributed by atoms with Crippen LogP contribution in [0.25, 0.3) is 0 Å². The van der Waals surface area contributed by atoms with Crippen molar-refractivity contribution in [2.45, 2.75) is 83.5 Å². The van der Waals surface area contributed by atoms with Crippen LogP contribution in [0.15, 0.2) is 46.9 Å². The molecule has 0 aliphatic carbocycles. The maximum absolute atomic E-state index is 13.4. The van der Waals surface area contributed by atoms with Crippen LogP contribution in [0.2, 0.25) is 0 Å². The predicted molar refractivity (Wildman–Crippen MR) is 124 cm³/mol. The fourth-order valence-electron chi connectivity index (χ4n) is 4.47. The van der Waals surface area contributed by atoms with Gasteiger partial charge in [0.05, 0.1) is 10.1 Å². The fourth-order valence-corrected chi connectivity index (χ4v) is 6.38. The zero-order chi connectivity index (χ0) is 22.3. The van der Waals surface area contributed by atoms with Gasteiger partial charge in [-0.2, -0.15) is 0 Å². The van der Waals surface area contributed by atoms with Crippen LogP contribution in [-0.4, -0.2) is 19.3 Å². The van der Waals surface area contributed by atoms with Gasteiger partial charge in [-0.3, -0.25) is 0 Å². The molecule has 30 heavy (non-hydrogen) atoms. The highest BCUT2D eigenvalue weighted by Gasteiger charge is 2.39. The first-order valence-corrected chi connectivity index (χ1v) is 12.2. The first-order chi connectivity index (χ1) is 14.0. The van der Waals surface area contributed by atoms with Crippen LogP contribution in [0, 0.1) is 27.7 Å². The van der Waals surface area contributed by atoms with Crippen molar-refractivity contribution < 1.29 is 13.2 Å². The SMILES string of the molecule is CC(C)=CC(C[C@@]1(C)CCc2c(C)c(C)c(C)c(C)c2O1)S(=O)(=O)c1ccccc1. The molecule has 2 atom stereocenters. The van der Waals surface area contributed by atoms with Crippen LogP contribution in [0.1, 0.15) is 61.4 Å². The summed E-state index contributed by atoms with van der Waals surface area (Å²) in [6, 6.07) is 8.75. The van der Waals surface area contributed by atoms with Crippen molar-refractivity contribution in [3.8, 4) is 5.75 Å². The number of fused-ring (bicyclic) bond motifs is 1. The molecule has 0 saturated carbocycles. The fraction of sp³-hybridized carbons (Fsp3) is 0.462. The smallest absolute Gasteiger partial charge is 0.184 e. The third-order valence-corrected chi connectivity index (χ3v) is 8.66. The summed E-state index contributed by atoms with van der Waals surface area (Å²) in [5.41, 5.74) is 6.79. The van der Waals surface area contributed by atoms with Crippen LogP contribution >= 0.6 is 0 Å². The Hall–Kier alpha value is -2.07. The van der Waals surface area contributed by atoms with Gasteiger partial charge in [0.15, 0.2) is 9.84 Å². The van der Waals surface area contributed by atoms with E-state index in [-0.39, 0.29) is 0 Å². The van der Waals surface area contributed by atoms with Gasteiger partial charge in [-0.05, 0) is 101 Å². The minimum atomic E-state index is -3.50. The molecule has 0 radical (unpaired) electrons. The van der Waals surface area contributed by atoms with Crippen molar-refractivity contribution in [3.63, 3.8) is 0 Å². The Kier molecular flexibility index (Phi) is 6.20. The molecule has 0 aromatic heterocycles. The van der Waals surface area contributed by atoms with Gasteiger partial charge in [-0.1, -0.05) is 29.8 Å². The van der Waals surface area contributed by atoms with E-state index in [9.17, 15) is 8.42 Å². The molecule has 0 saturated heterocycles. The van der Waals surface area contributed by atoms with Gasteiger partial charge in [0, 0.05) is 6.42 Å². The Morgan fingerprint density at radius 1 is 1.03 bits per heavy atom. The van der Waals surface area contributed by atoms with Crippen LogP contribution in [0.3, 0.4) is 0 Å². The second-order valence-corrected chi connectivity index (χ2v) is 11.4. The van der Waals surface area contributed by atoms with E-state index in [1.165, 1.54) is 27.8 Å². The van der Waals surface area contributed by atoms with Crippen molar-refractivity contribution >= 4 is 9.84 Å². The molecular weight excluding hydrogens is 392 g/mol. The molecule has 0 spiro atoms. The normalized spacial score (nSPS) is 19.6. The molecule has 1 aliphatic rings. The molecule has 3 rings (SSSR count). The van der Waals surface area contributed by atoms with E-state index in [1.54, 1.807) is 24.3 Å². The lowest BCUT2D eigenvalue weighted by atomic mass is 9.83. The molecule has 0 amide bonds. The number of benzene rings is 2. The van der Waals surface area contributed by atoms with Crippen LogP contribution in [0.4, 0.5) is 0 Å². The first kappa shape index (κ1) is 22.6. The Bertz CT molecular complexity index is 1080. The second-order valence-electron chi connectivity index (χ2n) is 9.20. The molecule has 0 bridgehead atoms. The summed E-state index contributed by atoms with van der Waals surface area (Å²) in [4.78, 5) is 0.366. The average Bonchev–Trinajstić information content (AvgIpc) is 2.70. The standard InChI is InChI=1S/C26H34O3S/c1-17(2)15-23(30(27,28)22-11-9-8-10-12-22)16-26(7)14-13-24-20(5)18(3)19(4)21(6)25(24)29-26/h8-12,15,23H,13-14,16H2,1-7H3/t23?,26-/m1/s1. The lowest BCUT2D eigenvalue weighted by molar-refractivity contribution is 0.0566.